The maximum absolute atomic E-state index is 12.2. The van der Waals surface area contributed by atoms with Crippen LogP contribution in [0.5, 0.6) is 0 Å². The number of hydrogen-bond donors (Lipinski definition) is 2. The minimum Gasteiger partial charge on any atom is -0.478 e. The van der Waals surface area contributed by atoms with Crippen molar-refractivity contribution in [2.24, 2.45) is 0 Å². The topological polar surface area (TPSA) is 88.8 Å². The Morgan fingerprint density at radius 3 is 2.64 bits per heavy atom. The third kappa shape index (κ3) is 3.35. The van der Waals surface area contributed by atoms with Crippen LogP contribution in [-0.4, -0.2) is 24.1 Å². The number of rotatable bonds is 6. The minimum atomic E-state index is -1.11. The van der Waals surface area contributed by atoms with Crippen molar-refractivity contribution in [3.05, 3.63) is 53.0 Å². The summed E-state index contributed by atoms with van der Waals surface area (Å²) in [4.78, 5) is 23.3. The highest BCUT2D eigenvalue weighted by Gasteiger charge is 2.20. The molecule has 1 aromatic carbocycles. The molecule has 2 aromatic rings. The van der Waals surface area contributed by atoms with Gasteiger partial charge < -0.3 is 19.6 Å². The lowest BCUT2D eigenvalue weighted by Crippen LogP contribution is -2.12. The van der Waals surface area contributed by atoms with E-state index in [0.29, 0.717) is 18.7 Å². The number of carboxylic acids is 1. The molecule has 2 rings (SSSR count). The molecule has 1 heterocycles. The van der Waals surface area contributed by atoms with Crippen molar-refractivity contribution in [1.82, 2.24) is 0 Å². The first-order valence-electron chi connectivity index (χ1n) is 6.81. The first kappa shape index (κ1) is 15.8. The van der Waals surface area contributed by atoms with Crippen molar-refractivity contribution >= 4 is 17.6 Å². The van der Waals surface area contributed by atoms with Crippen molar-refractivity contribution in [1.29, 1.82) is 0 Å². The lowest BCUT2D eigenvalue weighted by molar-refractivity contribution is 0.0694. The van der Waals surface area contributed by atoms with Crippen LogP contribution in [0.3, 0.4) is 0 Å². The summed E-state index contributed by atoms with van der Waals surface area (Å²) in [5, 5.41) is 11.8. The van der Waals surface area contributed by atoms with Crippen LogP contribution >= 0.6 is 0 Å². The fourth-order valence-corrected chi connectivity index (χ4v) is 2.09. The van der Waals surface area contributed by atoms with E-state index in [1.165, 1.54) is 6.07 Å². The van der Waals surface area contributed by atoms with Crippen molar-refractivity contribution in [2.45, 2.75) is 20.0 Å². The van der Waals surface area contributed by atoms with Crippen LogP contribution in [0.4, 0.5) is 5.69 Å². The normalized spacial score (nSPS) is 10.5. The predicted octanol–water partition coefficient (Wildman–Crippen LogP) is 2.94. The lowest BCUT2D eigenvalue weighted by atomic mass is 10.2. The number of amides is 1. The Bertz CT molecular complexity index is 690. The molecule has 6 nitrogen and oxygen atoms in total. The number of carbonyl (C=O) groups excluding carboxylic acids is 1. The van der Waals surface area contributed by atoms with E-state index in [0.717, 1.165) is 5.56 Å². The van der Waals surface area contributed by atoms with Crippen molar-refractivity contribution in [2.75, 3.05) is 12.4 Å². The van der Waals surface area contributed by atoms with Gasteiger partial charge in [-0.05, 0) is 6.07 Å². The van der Waals surface area contributed by atoms with Gasteiger partial charge in [0.1, 0.15) is 11.3 Å². The minimum absolute atomic E-state index is 0.0119. The Labute approximate surface area is 127 Å². The molecule has 0 spiro atoms. The number of furan rings is 1. The number of para-hydroxylation sites is 1. The molecule has 0 atom stereocenters. The van der Waals surface area contributed by atoms with E-state index in [9.17, 15) is 9.59 Å². The smallest absolute Gasteiger partial charge is 0.339 e. The van der Waals surface area contributed by atoms with Crippen molar-refractivity contribution in [3.63, 3.8) is 0 Å². The van der Waals surface area contributed by atoms with E-state index < -0.39 is 11.9 Å². The van der Waals surface area contributed by atoms with Crippen LogP contribution in [0.15, 0.2) is 34.7 Å². The van der Waals surface area contributed by atoms with Gasteiger partial charge in [0, 0.05) is 30.8 Å². The molecule has 0 saturated heterocycles. The summed E-state index contributed by atoms with van der Waals surface area (Å²) in [5.41, 5.74) is 1.43. The molecule has 116 valence electrons. The average Bonchev–Trinajstić information content (AvgIpc) is 2.94. The van der Waals surface area contributed by atoms with E-state index in [2.05, 4.69) is 5.32 Å². The van der Waals surface area contributed by atoms with Gasteiger partial charge in [-0.3, -0.25) is 4.79 Å². The molecule has 0 aliphatic rings. The molecule has 2 N–H and O–H groups in total. The largest absolute Gasteiger partial charge is 0.478 e. The summed E-state index contributed by atoms with van der Waals surface area (Å²) in [5.74, 6) is -1.35. The fourth-order valence-electron chi connectivity index (χ4n) is 2.09. The molecule has 0 aliphatic heterocycles. The Morgan fingerprint density at radius 1 is 1.32 bits per heavy atom. The molecule has 22 heavy (non-hydrogen) atoms. The highest BCUT2D eigenvalue weighted by atomic mass is 16.5. The Hall–Kier alpha value is -2.60. The molecule has 0 radical (unpaired) electrons. The monoisotopic (exact) mass is 303 g/mol. The van der Waals surface area contributed by atoms with Crippen molar-refractivity contribution in [3.8, 4) is 0 Å². The zero-order chi connectivity index (χ0) is 16.1. The number of hydrogen-bond acceptors (Lipinski definition) is 4. The molecule has 0 bridgehead atoms. The van der Waals surface area contributed by atoms with Gasteiger partial charge in [0.2, 0.25) is 0 Å². The van der Waals surface area contributed by atoms with Crippen molar-refractivity contribution < 1.29 is 23.8 Å². The number of carbonyl (C=O) groups is 2. The van der Waals surface area contributed by atoms with Gasteiger partial charge in [-0.25, -0.2) is 4.79 Å². The summed E-state index contributed by atoms with van der Waals surface area (Å²) in [6, 6.07) is 8.45. The Morgan fingerprint density at radius 2 is 2.05 bits per heavy atom. The van der Waals surface area contributed by atoms with Crippen LogP contribution in [0, 0.1) is 0 Å². The molecule has 0 unspecified atom stereocenters. The van der Waals surface area contributed by atoms with Gasteiger partial charge in [-0.2, -0.15) is 0 Å². The summed E-state index contributed by atoms with van der Waals surface area (Å²) < 4.78 is 10.4. The van der Waals surface area contributed by atoms with Crippen LogP contribution in [-0.2, 0) is 17.8 Å². The van der Waals surface area contributed by atoms with E-state index in [1.54, 1.807) is 26.2 Å². The molecule has 6 heteroatoms. The SMILES string of the molecule is CCc1oc(C(=O)Nc2ccccc2COC)cc1C(=O)O. The summed E-state index contributed by atoms with van der Waals surface area (Å²) >= 11 is 0. The van der Waals surface area contributed by atoms with Gasteiger partial charge in [-0.15, -0.1) is 0 Å². The van der Waals surface area contributed by atoms with Gasteiger partial charge >= 0.3 is 5.97 Å². The standard InChI is InChI=1S/C16H17NO5/c1-3-13-11(16(19)20)8-14(22-13)15(18)17-12-7-5-4-6-10(12)9-21-2/h4-8H,3,9H2,1-2H3,(H,17,18)(H,19,20). The van der Waals surface area contributed by atoms with Gasteiger partial charge in [0.25, 0.3) is 5.91 Å². The van der Waals surface area contributed by atoms with E-state index in [-0.39, 0.29) is 17.1 Å². The molecule has 1 aromatic heterocycles. The van der Waals surface area contributed by atoms with E-state index in [1.807, 2.05) is 12.1 Å². The fraction of sp³-hybridized carbons (Fsp3) is 0.250. The third-order valence-electron chi connectivity index (χ3n) is 3.15. The second-order valence-corrected chi connectivity index (χ2v) is 4.65. The van der Waals surface area contributed by atoms with E-state index in [4.69, 9.17) is 14.3 Å². The zero-order valence-corrected chi connectivity index (χ0v) is 12.4. The van der Waals surface area contributed by atoms with Gasteiger partial charge in [0.05, 0.1) is 6.61 Å². The van der Waals surface area contributed by atoms with Crippen LogP contribution in [0.1, 0.15) is 39.2 Å². The lowest BCUT2D eigenvalue weighted by Gasteiger charge is -2.09. The molecule has 0 fully saturated rings. The number of ether oxygens (including phenoxy) is 1. The first-order valence-corrected chi connectivity index (χ1v) is 6.81. The second-order valence-electron chi connectivity index (χ2n) is 4.65. The number of carboxylic acid groups (broad SMARTS) is 1. The molecule has 0 saturated carbocycles. The molecular weight excluding hydrogens is 286 g/mol. The maximum atomic E-state index is 12.2. The predicted molar refractivity (Wildman–Crippen MR) is 80.2 cm³/mol. The molecular formula is C16H17NO5. The Kier molecular flexibility index (Phi) is 4.95. The number of benzene rings is 1. The summed E-state index contributed by atoms with van der Waals surface area (Å²) in [6.07, 6.45) is 0.398. The summed E-state index contributed by atoms with van der Waals surface area (Å²) in [6.45, 7) is 2.12. The zero-order valence-electron chi connectivity index (χ0n) is 12.4. The molecule has 0 aliphatic carbocycles. The highest BCUT2D eigenvalue weighted by Crippen LogP contribution is 2.20. The third-order valence-corrected chi connectivity index (χ3v) is 3.15. The number of aryl methyl sites for hydroxylation is 1. The van der Waals surface area contributed by atoms with E-state index >= 15 is 0 Å². The Balaban J connectivity index is 2.24. The number of anilines is 1. The average molecular weight is 303 g/mol. The number of methoxy groups -OCH3 is 1. The highest BCUT2D eigenvalue weighted by molar-refractivity contribution is 6.04. The summed E-state index contributed by atoms with van der Waals surface area (Å²) in [7, 11) is 1.57. The number of nitrogens with one attached hydrogen (secondary N) is 1. The first-order chi connectivity index (χ1) is 10.6. The van der Waals surface area contributed by atoms with Gasteiger partial charge in [0.15, 0.2) is 5.76 Å². The second kappa shape index (κ2) is 6.91. The van der Waals surface area contributed by atoms with Gasteiger partial charge in [-0.1, -0.05) is 25.1 Å². The van der Waals surface area contributed by atoms with Crippen LogP contribution in [0.25, 0.3) is 0 Å². The van der Waals surface area contributed by atoms with Crippen LogP contribution in [0.2, 0.25) is 0 Å². The maximum Gasteiger partial charge on any atom is 0.339 e. The molecule has 1 amide bonds. The quantitative estimate of drug-likeness (QED) is 0.856. The van der Waals surface area contributed by atoms with Crippen LogP contribution < -0.4 is 5.32 Å². The number of aromatic carboxylic acids is 1.